The van der Waals surface area contributed by atoms with Crippen molar-refractivity contribution in [3.05, 3.63) is 23.8 Å². The van der Waals surface area contributed by atoms with Gasteiger partial charge in [0.15, 0.2) is 24.1 Å². The monoisotopic (exact) mass is 577 g/mol. The molecule has 1 aliphatic rings. The van der Waals surface area contributed by atoms with E-state index in [2.05, 4.69) is 15.6 Å². The number of aliphatic imine (C=N–C) groups is 1. The zero-order valence-corrected chi connectivity index (χ0v) is 21.1. The second kappa shape index (κ2) is 13.3. The SMILES string of the molecule is CCS(=O)C1CCCC(NC(=NC)NCc2ccc(OCC(F)(F)F)c(OC)c2)C1.I. The first kappa shape index (κ1) is 27.8. The Morgan fingerprint density at radius 3 is 2.65 bits per heavy atom. The van der Waals surface area contributed by atoms with E-state index in [4.69, 9.17) is 9.47 Å². The zero-order chi connectivity index (χ0) is 22.1. The Labute approximate surface area is 201 Å². The second-order valence-electron chi connectivity index (χ2n) is 7.11. The second-order valence-corrected chi connectivity index (χ2v) is 9.12. The molecule has 1 aliphatic carbocycles. The van der Waals surface area contributed by atoms with Crippen LogP contribution in [0.1, 0.15) is 38.2 Å². The smallest absolute Gasteiger partial charge is 0.422 e. The van der Waals surface area contributed by atoms with Crippen molar-refractivity contribution in [3.8, 4) is 11.5 Å². The molecule has 2 N–H and O–H groups in total. The summed E-state index contributed by atoms with van der Waals surface area (Å²) in [6, 6.07) is 4.98. The molecule has 3 atom stereocenters. The molecule has 0 radical (unpaired) electrons. The number of alkyl halides is 3. The van der Waals surface area contributed by atoms with Gasteiger partial charge in [-0.3, -0.25) is 9.20 Å². The Hall–Kier alpha value is -1.24. The van der Waals surface area contributed by atoms with E-state index in [-0.39, 0.29) is 46.8 Å². The molecule has 0 saturated heterocycles. The van der Waals surface area contributed by atoms with Gasteiger partial charge in [0.1, 0.15) is 0 Å². The van der Waals surface area contributed by atoms with Crippen LogP contribution < -0.4 is 20.1 Å². The maximum absolute atomic E-state index is 12.4. The molecule has 31 heavy (non-hydrogen) atoms. The standard InChI is InChI=1S/C20H30F3N3O3S.HI/c1-4-30(27)16-7-5-6-15(11-16)26-19(24-2)25-12-14-8-9-17(18(10-14)28-3)29-13-20(21,22)23;/h8-10,15-16H,4-7,11-13H2,1-3H3,(H2,24,25,26);1H. The summed E-state index contributed by atoms with van der Waals surface area (Å²) in [5, 5.41) is 6.81. The molecule has 2 rings (SSSR count). The number of guanidine groups is 1. The van der Waals surface area contributed by atoms with Gasteiger partial charge >= 0.3 is 6.18 Å². The third kappa shape index (κ3) is 9.42. The van der Waals surface area contributed by atoms with Crippen molar-refractivity contribution in [1.29, 1.82) is 0 Å². The van der Waals surface area contributed by atoms with Gasteiger partial charge in [0, 0.05) is 41.4 Å². The van der Waals surface area contributed by atoms with Crippen LogP contribution in [0.4, 0.5) is 13.2 Å². The Morgan fingerprint density at radius 2 is 2.03 bits per heavy atom. The summed E-state index contributed by atoms with van der Waals surface area (Å²) in [7, 11) is 2.26. The lowest BCUT2D eigenvalue weighted by Gasteiger charge is -2.30. The van der Waals surface area contributed by atoms with E-state index in [0.29, 0.717) is 18.3 Å². The first-order chi connectivity index (χ1) is 14.3. The van der Waals surface area contributed by atoms with Crippen molar-refractivity contribution in [2.75, 3.05) is 26.5 Å². The summed E-state index contributed by atoms with van der Waals surface area (Å²) in [5.41, 5.74) is 0.808. The molecule has 0 spiro atoms. The molecule has 0 aromatic heterocycles. The predicted octanol–water partition coefficient (Wildman–Crippen LogP) is 4.00. The minimum Gasteiger partial charge on any atom is -0.493 e. The van der Waals surface area contributed by atoms with E-state index in [1.165, 1.54) is 13.2 Å². The summed E-state index contributed by atoms with van der Waals surface area (Å²) >= 11 is 0. The van der Waals surface area contributed by atoms with Crippen molar-refractivity contribution >= 4 is 40.7 Å². The number of nitrogens with one attached hydrogen (secondary N) is 2. The molecule has 0 bridgehead atoms. The van der Waals surface area contributed by atoms with Gasteiger partial charge in [-0.25, -0.2) is 0 Å². The lowest BCUT2D eigenvalue weighted by molar-refractivity contribution is -0.153. The highest BCUT2D eigenvalue weighted by atomic mass is 127. The highest BCUT2D eigenvalue weighted by Crippen LogP contribution is 2.30. The average Bonchev–Trinajstić information content (AvgIpc) is 2.74. The predicted molar refractivity (Wildman–Crippen MR) is 128 cm³/mol. The van der Waals surface area contributed by atoms with Crippen LogP contribution >= 0.6 is 24.0 Å². The minimum absolute atomic E-state index is 0. The lowest BCUT2D eigenvalue weighted by Crippen LogP contribution is -2.46. The van der Waals surface area contributed by atoms with Crippen molar-refractivity contribution < 1.29 is 26.9 Å². The van der Waals surface area contributed by atoms with Gasteiger partial charge in [-0.1, -0.05) is 19.4 Å². The van der Waals surface area contributed by atoms with E-state index in [0.717, 1.165) is 31.2 Å². The lowest BCUT2D eigenvalue weighted by atomic mass is 9.95. The molecule has 1 saturated carbocycles. The highest BCUT2D eigenvalue weighted by molar-refractivity contribution is 14.0. The molecule has 11 heteroatoms. The normalized spacial score (nSPS) is 20.4. The Bertz CT molecular complexity index is 750. The van der Waals surface area contributed by atoms with E-state index >= 15 is 0 Å². The van der Waals surface area contributed by atoms with Crippen molar-refractivity contribution in [3.63, 3.8) is 0 Å². The first-order valence-electron chi connectivity index (χ1n) is 9.96. The maximum atomic E-state index is 12.4. The summed E-state index contributed by atoms with van der Waals surface area (Å²) in [6.07, 6.45) is -0.544. The fourth-order valence-electron chi connectivity index (χ4n) is 3.43. The van der Waals surface area contributed by atoms with Crippen LogP contribution in [0.15, 0.2) is 23.2 Å². The Kier molecular flexibility index (Phi) is 12.0. The molecular formula is C20H31F3IN3O3S. The summed E-state index contributed by atoms with van der Waals surface area (Å²) in [6.45, 7) is 0.983. The van der Waals surface area contributed by atoms with Crippen LogP contribution in [0.5, 0.6) is 11.5 Å². The van der Waals surface area contributed by atoms with Gasteiger partial charge in [-0.15, -0.1) is 24.0 Å². The number of ether oxygens (including phenoxy) is 2. The molecule has 1 fully saturated rings. The van der Waals surface area contributed by atoms with Crippen LogP contribution in [-0.4, -0.2) is 54.2 Å². The molecule has 1 aromatic rings. The third-order valence-electron chi connectivity index (χ3n) is 4.93. The number of benzene rings is 1. The van der Waals surface area contributed by atoms with Crippen LogP contribution in [0, 0.1) is 0 Å². The van der Waals surface area contributed by atoms with Crippen LogP contribution in [-0.2, 0) is 17.3 Å². The summed E-state index contributed by atoms with van der Waals surface area (Å²) in [5.74, 6) is 1.57. The van der Waals surface area contributed by atoms with Crippen molar-refractivity contribution in [1.82, 2.24) is 10.6 Å². The van der Waals surface area contributed by atoms with E-state index in [1.807, 2.05) is 6.92 Å². The summed E-state index contributed by atoms with van der Waals surface area (Å²) < 4.78 is 59.2. The highest BCUT2D eigenvalue weighted by Gasteiger charge is 2.29. The average molecular weight is 577 g/mol. The quantitative estimate of drug-likeness (QED) is 0.278. The molecular weight excluding hydrogens is 546 g/mol. The van der Waals surface area contributed by atoms with E-state index in [9.17, 15) is 17.4 Å². The number of hydrogen-bond acceptors (Lipinski definition) is 4. The topological polar surface area (TPSA) is 72.0 Å². The fraction of sp³-hybridized carbons (Fsp3) is 0.650. The molecule has 0 amide bonds. The molecule has 0 heterocycles. The number of hydrogen-bond donors (Lipinski definition) is 2. The number of rotatable bonds is 8. The van der Waals surface area contributed by atoms with E-state index < -0.39 is 23.6 Å². The Balaban J connectivity index is 0.00000480. The molecule has 3 unspecified atom stereocenters. The van der Waals surface area contributed by atoms with Crippen LogP contribution in [0.25, 0.3) is 0 Å². The van der Waals surface area contributed by atoms with Gasteiger partial charge in [0.2, 0.25) is 0 Å². The van der Waals surface area contributed by atoms with Crippen LogP contribution in [0.3, 0.4) is 0 Å². The number of methoxy groups -OCH3 is 1. The minimum atomic E-state index is -4.41. The maximum Gasteiger partial charge on any atom is 0.422 e. The Morgan fingerprint density at radius 1 is 1.29 bits per heavy atom. The van der Waals surface area contributed by atoms with Crippen molar-refractivity contribution in [2.45, 2.75) is 56.6 Å². The molecule has 6 nitrogen and oxygen atoms in total. The largest absolute Gasteiger partial charge is 0.493 e. The summed E-state index contributed by atoms with van der Waals surface area (Å²) in [4.78, 5) is 4.24. The van der Waals surface area contributed by atoms with Gasteiger partial charge in [0.05, 0.1) is 7.11 Å². The zero-order valence-electron chi connectivity index (χ0n) is 18.0. The van der Waals surface area contributed by atoms with Gasteiger partial charge in [-0.2, -0.15) is 13.2 Å². The van der Waals surface area contributed by atoms with E-state index in [1.54, 1.807) is 19.2 Å². The number of nitrogens with zero attached hydrogens (tertiary/aromatic N) is 1. The van der Waals surface area contributed by atoms with Crippen LogP contribution in [0.2, 0.25) is 0 Å². The van der Waals surface area contributed by atoms with Crippen molar-refractivity contribution in [2.24, 2.45) is 4.99 Å². The fourth-order valence-corrected chi connectivity index (χ4v) is 4.77. The van der Waals surface area contributed by atoms with Gasteiger partial charge in [-0.05, 0) is 37.0 Å². The number of halogens is 4. The van der Waals surface area contributed by atoms with Gasteiger partial charge < -0.3 is 20.1 Å². The van der Waals surface area contributed by atoms with Gasteiger partial charge in [0.25, 0.3) is 0 Å². The molecule has 1 aromatic carbocycles. The third-order valence-corrected chi connectivity index (χ3v) is 6.67. The molecule has 0 aliphatic heterocycles. The first-order valence-corrected chi connectivity index (χ1v) is 11.3. The molecule has 178 valence electrons.